The molecule has 0 fully saturated rings. The van der Waals surface area contributed by atoms with Crippen LogP contribution < -0.4 is 4.74 Å². The van der Waals surface area contributed by atoms with Gasteiger partial charge in [0, 0.05) is 22.3 Å². The Morgan fingerprint density at radius 3 is 2.78 bits per heavy atom. The van der Waals surface area contributed by atoms with Crippen molar-refractivity contribution in [1.82, 2.24) is 19.7 Å². The monoisotopic (exact) mass is 462 g/mol. The number of rotatable bonds is 7. The molecule has 8 heteroatoms. The number of aromatic nitrogens is 4. The third-order valence-corrected chi connectivity index (χ3v) is 6.39. The molecule has 0 bridgehead atoms. The SMILES string of the molecule is COc1cccc(-c2nnc(SCc3cc4ccccc4nc3Cl)n2Cc2ccco2)c1. The van der Waals surface area contributed by atoms with Gasteiger partial charge in [0.15, 0.2) is 11.0 Å². The summed E-state index contributed by atoms with van der Waals surface area (Å²) in [5, 5.41) is 11.3. The molecule has 0 N–H and O–H groups in total. The van der Waals surface area contributed by atoms with Crippen molar-refractivity contribution in [2.75, 3.05) is 7.11 Å². The van der Waals surface area contributed by atoms with Crippen LogP contribution in [0.2, 0.25) is 5.15 Å². The minimum absolute atomic E-state index is 0.501. The first kappa shape index (κ1) is 20.6. The van der Waals surface area contributed by atoms with Gasteiger partial charge in [0.05, 0.1) is 25.4 Å². The van der Waals surface area contributed by atoms with Crippen LogP contribution in [0.1, 0.15) is 11.3 Å². The largest absolute Gasteiger partial charge is 0.497 e. The van der Waals surface area contributed by atoms with Crippen molar-refractivity contribution in [2.24, 2.45) is 0 Å². The Kier molecular flexibility index (Phi) is 5.83. The van der Waals surface area contributed by atoms with Gasteiger partial charge in [-0.15, -0.1) is 10.2 Å². The molecular weight excluding hydrogens is 444 g/mol. The predicted octanol–water partition coefficient (Wildman–Crippen LogP) is 6.09. The molecule has 0 atom stereocenters. The molecule has 0 radical (unpaired) electrons. The predicted molar refractivity (Wildman–Crippen MR) is 126 cm³/mol. The molecule has 6 nitrogen and oxygen atoms in total. The van der Waals surface area contributed by atoms with Gasteiger partial charge in [0.25, 0.3) is 0 Å². The van der Waals surface area contributed by atoms with E-state index < -0.39 is 0 Å². The molecular formula is C24H19ClN4O2S. The van der Waals surface area contributed by atoms with E-state index in [-0.39, 0.29) is 0 Å². The number of hydrogen-bond acceptors (Lipinski definition) is 6. The van der Waals surface area contributed by atoms with Gasteiger partial charge in [0.2, 0.25) is 0 Å². The lowest BCUT2D eigenvalue weighted by Crippen LogP contribution is -2.04. The topological polar surface area (TPSA) is 66.0 Å². The van der Waals surface area contributed by atoms with E-state index in [2.05, 4.69) is 21.2 Å². The van der Waals surface area contributed by atoms with Crippen molar-refractivity contribution in [3.05, 3.63) is 89.5 Å². The van der Waals surface area contributed by atoms with Crippen LogP contribution in [0.4, 0.5) is 0 Å². The molecule has 0 saturated carbocycles. The van der Waals surface area contributed by atoms with Gasteiger partial charge in [0.1, 0.15) is 16.7 Å². The van der Waals surface area contributed by atoms with Crippen molar-refractivity contribution < 1.29 is 9.15 Å². The first-order valence-electron chi connectivity index (χ1n) is 9.98. The van der Waals surface area contributed by atoms with Gasteiger partial charge in [-0.1, -0.05) is 53.7 Å². The summed E-state index contributed by atoms with van der Waals surface area (Å²) in [7, 11) is 1.65. The van der Waals surface area contributed by atoms with Gasteiger partial charge >= 0.3 is 0 Å². The lowest BCUT2D eigenvalue weighted by Gasteiger charge is -2.10. The number of halogens is 1. The number of hydrogen-bond donors (Lipinski definition) is 0. The van der Waals surface area contributed by atoms with Crippen molar-refractivity contribution in [1.29, 1.82) is 0 Å². The molecule has 0 aliphatic carbocycles. The summed E-state index contributed by atoms with van der Waals surface area (Å²) in [5.74, 6) is 2.94. The number of ether oxygens (including phenoxy) is 1. The summed E-state index contributed by atoms with van der Waals surface area (Å²) in [6.45, 7) is 0.512. The lowest BCUT2D eigenvalue weighted by molar-refractivity contribution is 0.415. The highest BCUT2D eigenvalue weighted by Gasteiger charge is 2.17. The third-order valence-electron chi connectivity index (χ3n) is 5.05. The van der Waals surface area contributed by atoms with Crippen molar-refractivity contribution in [2.45, 2.75) is 17.5 Å². The maximum atomic E-state index is 6.46. The molecule has 32 heavy (non-hydrogen) atoms. The Hall–Kier alpha value is -3.29. The van der Waals surface area contributed by atoms with Crippen LogP contribution in [0.15, 0.2) is 82.6 Å². The summed E-state index contributed by atoms with van der Waals surface area (Å²) < 4.78 is 13.0. The molecule has 3 aromatic heterocycles. The number of fused-ring (bicyclic) bond motifs is 1. The molecule has 0 amide bonds. The average molecular weight is 463 g/mol. The molecule has 3 heterocycles. The van der Waals surface area contributed by atoms with Crippen molar-refractivity contribution in [3.63, 3.8) is 0 Å². The number of furan rings is 1. The summed E-state index contributed by atoms with van der Waals surface area (Å²) in [6.07, 6.45) is 1.66. The second-order valence-corrected chi connectivity index (χ2v) is 8.42. The zero-order chi connectivity index (χ0) is 21.9. The van der Waals surface area contributed by atoms with Crippen LogP contribution in [0.3, 0.4) is 0 Å². The molecule has 160 valence electrons. The van der Waals surface area contributed by atoms with Crippen LogP contribution in [0.5, 0.6) is 5.75 Å². The number of benzene rings is 2. The first-order valence-corrected chi connectivity index (χ1v) is 11.3. The summed E-state index contributed by atoms with van der Waals surface area (Å²) in [5.41, 5.74) is 2.75. The zero-order valence-corrected chi connectivity index (χ0v) is 18.8. The van der Waals surface area contributed by atoms with Gasteiger partial charge in [-0.25, -0.2) is 4.98 Å². The Morgan fingerprint density at radius 1 is 1.03 bits per heavy atom. The molecule has 0 saturated heterocycles. The maximum Gasteiger partial charge on any atom is 0.192 e. The van der Waals surface area contributed by atoms with Gasteiger partial charge in [-0.3, -0.25) is 4.57 Å². The number of nitrogens with zero attached hydrogens (tertiary/aromatic N) is 4. The molecule has 0 aliphatic heterocycles. The quantitative estimate of drug-likeness (QED) is 0.215. The maximum absolute atomic E-state index is 6.46. The number of para-hydroxylation sites is 1. The highest BCUT2D eigenvalue weighted by Crippen LogP contribution is 2.31. The second-order valence-electron chi connectivity index (χ2n) is 7.12. The minimum atomic E-state index is 0.501. The Labute approximate surface area is 194 Å². The summed E-state index contributed by atoms with van der Waals surface area (Å²) in [6, 6.07) is 21.6. The normalized spacial score (nSPS) is 11.2. The molecule has 0 unspecified atom stereocenters. The van der Waals surface area contributed by atoms with Crippen LogP contribution in [0, 0.1) is 0 Å². The van der Waals surface area contributed by atoms with E-state index in [4.69, 9.17) is 20.8 Å². The van der Waals surface area contributed by atoms with Crippen LogP contribution >= 0.6 is 23.4 Å². The van der Waals surface area contributed by atoms with Crippen molar-refractivity contribution >= 4 is 34.3 Å². The van der Waals surface area contributed by atoms with Crippen molar-refractivity contribution in [3.8, 4) is 17.1 Å². The van der Waals surface area contributed by atoms with Crippen LogP contribution in [-0.2, 0) is 12.3 Å². The average Bonchev–Trinajstić information content (AvgIpc) is 3.48. The highest BCUT2D eigenvalue weighted by molar-refractivity contribution is 7.98. The highest BCUT2D eigenvalue weighted by atomic mass is 35.5. The standard InChI is InChI=1S/C24H19ClN4O2S/c1-30-19-8-4-7-17(13-19)23-27-28-24(29(23)14-20-9-5-11-31-20)32-15-18-12-16-6-2-3-10-21(16)26-22(18)25/h2-13H,14-15H2,1H3. The van der Waals surface area contributed by atoms with E-state index in [1.54, 1.807) is 25.1 Å². The van der Waals surface area contributed by atoms with Crippen LogP contribution in [-0.4, -0.2) is 26.9 Å². The van der Waals surface area contributed by atoms with E-state index in [1.807, 2.05) is 65.2 Å². The lowest BCUT2D eigenvalue weighted by atomic mass is 10.2. The van der Waals surface area contributed by atoms with E-state index in [0.29, 0.717) is 17.5 Å². The van der Waals surface area contributed by atoms with Crippen LogP contribution in [0.25, 0.3) is 22.3 Å². The zero-order valence-electron chi connectivity index (χ0n) is 17.2. The molecule has 5 rings (SSSR count). The first-order chi connectivity index (χ1) is 15.7. The Bertz CT molecular complexity index is 1370. The van der Waals surface area contributed by atoms with E-state index in [0.717, 1.165) is 44.5 Å². The van der Waals surface area contributed by atoms with E-state index in [9.17, 15) is 0 Å². The fraction of sp³-hybridized carbons (Fsp3) is 0.125. The fourth-order valence-corrected chi connectivity index (χ4v) is 4.65. The smallest absolute Gasteiger partial charge is 0.192 e. The van der Waals surface area contributed by atoms with Gasteiger partial charge in [-0.05, 0) is 36.4 Å². The third kappa shape index (κ3) is 4.22. The fourth-order valence-electron chi connectivity index (χ4n) is 3.45. The summed E-state index contributed by atoms with van der Waals surface area (Å²) in [4.78, 5) is 4.52. The Balaban J connectivity index is 1.48. The summed E-state index contributed by atoms with van der Waals surface area (Å²) >= 11 is 8.02. The van der Waals surface area contributed by atoms with Gasteiger partial charge < -0.3 is 9.15 Å². The Morgan fingerprint density at radius 2 is 1.94 bits per heavy atom. The molecule has 5 aromatic rings. The minimum Gasteiger partial charge on any atom is -0.497 e. The van der Waals surface area contributed by atoms with E-state index in [1.165, 1.54) is 0 Å². The number of methoxy groups -OCH3 is 1. The number of thioether (sulfide) groups is 1. The second kappa shape index (κ2) is 9.06. The molecule has 0 spiro atoms. The number of pyridine rings is 1. The molecule has 2 aromatic carbocycles. The van der Waals surface area contributed by atoms with Gasteiger partial charge in [-0.2, -0.15) is 0 Å². The molecule has 0 aliphatic rings. The van der Waals surface area contributed by atoms with E-state index >= 15 is 0 Å².